The molecule has 2 aromatic rings. The van der Waals surface area contributed by atoms with Crippen molar-refractivity contribution in [3.8, 4) is 0 Å². The minimum Gasteiger partial charge on any atom is -0.271 e. The Kier molecular flexibility index (Phi) is 5.29. The van der Waals surface area contributed by atoms with E-state index in [1.165, 1.54) is 10.4 Å². The van der Waals surface area contributed by atoms with Crippen LogP contribution >= 0.6 is 11.3 Å². The van der Waals surface area contributed by atoms with Crippen molar-refractivity contribution in [1.82, 2.24) is 10.4 Å². The number of hydrazine groups is 1. The molecular formula is C16H23N3S. The Morgan fingerprint density at radius 3 is 2.45 bits per heavy atom. The molecule has 108 valence electrons. The molecule has 3 N–H and O–H groups in total. The lowest BCUT2D eigenvalue weighted by atomic mass is 9.69. The van der Waals surface area contributed by atoms with Crippen LogP contribution in [0.15, 0.2) is 42.0 Å². The van der Waals surface area contributed by atoms with Crippen molar-refractivity contribution in [2.24, 2.45) is 5.84 Å². The van der Waals surface area contributed by atoms with Gasteiger partial charge in [-0.25, -0.2) is 0 Å². The van der Waals surface area contributed by atoms with E-state index in [2.05, 4.69) is 54.6 Å². The number of benzene rings is 1. The van der Waals surface area contributed by atoms with Gasteiger partial charge in [-0.1, -0.05) is 44.2 Å². The zero-order valence-electron chi connectivity index (χ0n) is 12.2. The van der Waals surface area contributed by atoms with Gasteiger partial charge in [0.05, 0.1) is 5.51 Å². The van der Waals surface area contributed by atoms with Gasteiger partial charge in [-0.15, -0.1) is 11.3 Å². The standard InChI is InChI=1S/C16H23N3S/c1-3-16(4-2,13-8-6-5-7-9-13)15(19-17)10-14-11-18-12-20-14/h5-9,11-12,15,19H,3-4,10,17H2,1-2H3. The molecule has 1 unspecified atom stereocenters. The van der Waals surface area contributed by atoms with Crippen LogP contribution in [0.3, 0.4) is 0 Å². The number of nitrogens with one attached hydrogen (secondary N) is 1. The molecule has 3 nitrogen and oxygen atoms in total. The molecule has 0 bridgehead atoms. The summed E-state index contributed by atoms with van der Waals surface area (Å²) < 4.78 is 0. The Balaban J connectivity index is 2.34. The summed E-state index contributed by atoms with van der Waals surface area (Å²) in [5.41, 5.74) is 6.35. The predicted molar refractivity (Wildman–Crippen MR) is 85.6 cm³/mol. The lowest BCUT2D eigenvalue weighted by Gasteiger charge is -2.40. The summed E-state index contributed by atoms with van der Waals surface area (Å²) in [5.74, 6) is 5.90. The summed E-state index contributed by atoms with van der Waals surface area (Å²) in [6, 6.07) is 10.9. The average molecular weight is 289 g/mol. The molecule has 2 rings (SSSR count). The lowest BCUT2D eigenvalue weighted by molar-refractivity contribution is 0.271. The molecule has 0 radical (unpaired) electrons. The van der Waals surface area contributed by atoms with E-state index in [1.54, 1.807) is 11.3 Å². The first kappa shape index (κ1) is 15.2. The van der Waals surface area contributed by atoms with E-state index in [0.717, 1.165) is 19.3 Å². The van der Waals surface area contributed by atoms with Crippen molar-refractivity contribution in [3.05, 3.63) is 52.5 Å². The molecule has 0 fully saturated rings. The maximum Gasteiger partial charge on any atom is 0.0794 e. The highest BCUT2D eigenvalue weighted by Gasteiger charge is 2.37. The molecule has 20 heavy (non-hydrogen) atoms. The quantitative estimate of drug-likeness (QED) is 0.607. The Bertz CT molecular complexity index is 492. The van der Waals surface area contributed by atoms with Gasteiger partial charge in [-0.3, -0.25) is 16.3 Å². The maximum absolute atomic E-state index is 5.90. The normalized spacial score (nSPS) is 13.3. The van der Waals surface area contributed by atoms with Gasteiger partial charge < -0.3 is 0 Å². The van der Waals surface area contributed by atoms with E-state index < -0.39 is 0 Å². The molecule has 0 amide bonds. The second-order valence-electron chi connectivity index (χ2n) is 5.12. The van der Waals surface area contributed by atoms with Crippen LogP contribution in [0, 0.1) is 0 Å². The summed E-state index contributed by atoms with van der Waals surface area (Å²) >= 11 is 1.69. The molecule has 0 spiro atoms. The average Bonchev–Trinajstić information content (AvgIpc) is 3.02. The Labute approximate surface area is 125 Å². The van der Waals surface area contributed by atoms with E-state index in [0.29, 0.717) is 0 Å². The number of thiazole rings is 1. The highest BCUT2D eigenvalue weighted by Crippen LogP contribution is 2.36. The fourth-order valence-electron chi connectivity index (χ4n) is 3.08. The van der Waals surface area contributed by atoms with Gasteiger partial charge in [-0.2, -0.15) is 0 Å². The van der Waals surface area contributed by atoms with Crippen molar-refractivity contribution in [3.63, 3.8) is 0 Å². The van der Waals surface area contributed by atoms with Crippen molar-refractivity contribution in [2.75, 3.05) is 0 Å². The van der Waals surface area contributed by atoms with Gasteiger partial charge in [0.1, 0.15) is 0 Å². The number of hydrogen-bond acceptors (Lipinski definition) is 4. The highest BCUT2D eigenvalue weighted by atomic mass is 32.1. The minimum atomic E-state index is 0.0556. The molecule has 4 heteroatoms. The van der Waals surface area contributed by atoms with E-state index in [1.807, 2.05) is 11.7 Å². The fraction of sp³-hybridized carbons (Fsp3) is 0.438. The van der Waals surface area contributed by atoms with Crippen molar-refractivity contribution >= 4 is 11.3 Å². The third kappa shape index (κ3) is 2.92. The van der Waals surface area contributed by atoms with Gasteiger partial charge in [0, 0.05) is 29.0 Å². The smallest absolute Gasteiger partial charge is 0.0794 e. The molecule has 0 saturated carbocycles. The molecular weight excluding hydrogens is 266 g/mol. The third-order valence-corrected chi connectivity index (χ3v) is 5.17. The summed E-state index contributed by atoms with van der Waals surface area (Å²) in [6.45, 7) is 4.49. The maximum atomic E-state index is 5.90. The van der Waals surface area contributed by atoms with Crippen LogP contribution in [0.5, 0.6) is 0 Å². The van der Waals surface area contributed by atoms with Crippen LogP contribution in [0.25, 0.3) is 0 Å². The van der Waals surface area contributed by atoms with E-state index in [4.69, 9.17) is 5.84 Å². The van der Waals surface area contributed by atoms with Gasteiger partial charge in [0.2, 0.25) is 0 Å². The molecule has 1 aromatic heterocycles. The van der Waals surface area contributed by atoms with Crippen LogP contribution in [-0.4, -0.2) is 11.0 Å². The zero-order valence-corrected chi connectivity index (χ0v) is 13.0. The Morgan fingerprint density at radius 2 is 1.95 bits per heavy atom. The molecule has 1 aromatic carbocycles. The molecule has 0 aliphatic rings. The first-order valence-electron chi connectivity index (χ1n) is 7.15. The SMILES string of the molecule is CCC(CC)(c1ccccc1)C(Cc1cncs1)NN. The minimum absolute atomic E-state index is 0.0556. The zero-order chi connectivity index (χ0) is 14.4. The fourth-order valence-corrected chi connectivity index (χ4v) is 3.72. The van der Waals surface area contributed by atoms with Crippen molar-refractivity contribution in [2.45, 2.75) is 44.6 Å². The monoisotopic (exact) mass is 289 g/mol. The molecule has 0 aliphatic carbocycles. The van der Waals surface area contributed by atoms with Crippen LogP contribution in [0.4, 0.5) is 0 Å². The van der Waals surface area contributed by atoms with Crippen molar-refractivity contribution < 1.29 is 0 Å². The lowest BCUT2D eigenvalue weighted by Crippen LogP contribution is -2.52. The molecule has 0 aliphatic heterocycles. The summed E-state index contributed by atoms with van der Waals surface area (Å²) in [4.78, 5) is 5.44. The van der Waals surface area contributed by atoms with E-state index in [-0.39, 0.29) is 11.5 Å². The van der Waals surface area contributed by atoms with Gasteiger partial charge in [-0.05, 0) is 18.4 Å². The molecule has 1 heterocycles. The third-order valence-electron chi connectivity index (χ3n) is 4.37. The summed E-state index contributed by atoms with van der Waals surface area (Å²) in [5, 5.41) is 0. The number of nitrogens with zero attached hydrogens (tertiary/aromatic N) is 1. The first-order valence-corrected chi connectivity index (χ1v) is 8.03. The molecule has 1 atom stereocenters. The highest BCUT2D eigenvalue weighted by molar-refractivity contribution is 7.09. The van der Waals surface area contributed by atoms with Crippen LogP contribution in [0.1, 0.15) is 37.1 Å². The van der Waals surface area contributed by atoms with Gasteiger partial charge in [0.15, 0.2) is 0 Å². The molecule has 0 saturated heterocycles. The van der Waals surface area contributed by atoms with Crippen molar-refractivity contribution in [1.29, 1.82) is 0 Å². The number of hydrogen-bond donors (Lipinski definition) is 2. The second kappa shape index (κ2) is 6.97. The van der Waals surface area contributed by atoms with E-state index in [9.17, 15) is 0 Å². The van der Waals surface area contributed by atoms with Crippen LogP contribution < -0.4 is 11.3 Å². The topological polar surface area (TPSA) is 50.9 Å². The number of aromatic nitrogens is 1. The Hall–Kier alpha value is -1.23. The van der Waals surface area contributed by atoms with Gasteiger partial charge >= 0.3 is 0 Å². The van der Waals surface area contributed by atoms with Crippen LogP contribution in [-0.2, 0) is 11.8 Å². The largest absolute Gasteiger partial charge is 0.271 e. The number of rotatable bonds is 7. The van der Waals surface area contributed by atoms with E-state index >= 15 is 0 Å². The summed E-state index contributed by atoms with van der Waals surface area (Å²) in [6.07, 6.45) is 4.97. The van der Waals surface area contributed by atoms with Crippen LogP contribution in [0.2, 0.25) is 0 Å². The van der Waals surface area contributed by atoms with Gasteiger partial charge in [0.25, 0.3) is 0 Å². The summed E-state index contributed by atoms with van der Waals surface area (Å²) in [7, 11) is 0. The predicted octanol–water partition coefficient (Wildman–Crippen LogP) is 3.28. The first-order chi connectivity index (χ1) is 9.76. The number of nitrogens with two attached hydrogens (primary N) is 1. The second-order valence-corrected chi connectivity index (χ2v) is 6.09. The Morgan fingerprint density at radius 1 is 1.25 bits per heavy atom.